The fourth-order valence-electron chi connectivity index (χ4n) is 3.65. The van der Waals surface area contributed by atoms with E-state index in [1.165, 1.54) is 0 Å². The van der Waals surface area contributed by atoms with E-state index >= 15 is 0 Å². The van der Waals surface area contributed by atoms with Crippen molar-refractivity contribution in [3.63, 3.8) is 0 Å². The van der Waals surface area contributed by atoms with E-state index < -0.39 is 0 Å². The molecule has 3 rings (SSSR count). The van der Waals surface area contributed by atoms with E-state index in [2.05, 4.69) is 16.9 Å². The highest BCUT2D eigenvalue weighted by Gasteiger charge is 2.38. The maximum absolute atomic E-state index is 13.4. The molecule has 1 amide bonds. The first kappa shape index (κ1) is 18.6. The number of amides is 1. The summed E-state index contributed by atoms with van der Waals surface area (Å²) in [7, 11) is 5.94. The molecule has 1 fully saturated rings. The third kappa shape index (κ3) is 3.81. The van der Waals surface area contributed by atoms with E-state index in [4.69, 9.17) is 4.74 Å². The van der Waals surface area contributed by atoms with Gasteiger partial charge in [0.05, 0.1) is 24.9 Å². The van der Waals surface area contributed by atoms with Gasteiger partial charge in [-0.25, -0.2) is 0 Å². The molecule has 1 aliphatic heterocycles. The first-order chi connectivity index (χ1) is 12.5. The number of benzene rings is 1. The van der Waals surface area contributed by atoms with Gasteiger partial charge < -0.3 is 14.5 Å². The summed E-state index contributed by atoms with van der Waals surface area (Å²) in [5.41, 5.74) is 2.88. The van der Waals surface area contributed by atoms with Crippen LogP contribution in [0.25, 0.3) is 0 Å². The maximum atomic E-state index is 13.4. The number of carbonyl (C=O) groups excluding carboxylic acids is 1. The minimum absolute atomic E-state index is 0.0726. The molecule has 1 aromatic carbocycles. The molecular weight excluding hydrogens is 328 g/mol. The SMILES string of the molecule is CCc1ccccc1C(=O)N1CCO[C@@H](CN(C)C)[C@@H]1c1cnn(C)c1. The molecule has 0 bridgehead atoms. The molecule has 2 aromatic rings. The number of hydrogen-bond donors (Lipinski definition) is 0. The lowest BCUT2D eigenvalue weighted by Crippen LogP contribution is -2.51. The molecule has 0 radical (unpaired) electrons. The van der Waals surface area contributed by atoms with Crippen molar-refractivity contribution in [1.82, 2.24) is 19.6 Å². The zero-order valence-electron chi connectivity index (χ0n) is 16.1. The summed E-state index contributed by atoms with van der Waals surface area (Å²) in [6.07, 6.45) is 4.58. The summed E-state index contributed by atoms with van der Waals surface area (Å²) in [6, 6.07) is 7.74. The molecule has 2 heterocycles. The molecule has 0 spiro atoms. The lowest BCUT2D eigenvalue weighted by atomic mass is 9.97. The minimum Gasteiger partial charge on any atom is -0.373 e. The third-order valence-electron chi connectivity index (χ3n) is 4.85. The smallest absolute Gasteiger partial charge is 0.254 e. The van der Waals surface area contributed by atoms with Gasteiger partial charge in [0.2, 0.25) is 0 Å². The third-order valence-corrected chi connectivity index (χ3v) is 4.85. The van der Waals surface area contributed by atoms with Crippen LogP contribution < -0.4 is 0 Å². The number of aromatic nitrogens is 2. The van der Waals surface area contributed by atoms with Crippen molar-refractivity contribution >= 4 is 5.91 Å². The lowest BCUT2D eigenvalue weighted by Gasteiger charge is -2.42. The fraction of sp³-hybridized carbons (Fsp3) is 0.500. The van der Waals surface area contributed by atoms with E-state index in [-0.39, 0.29) is 18.1 Å². The Morgan fingerprint density at radius 3 is 2.77 bits per heavy atom. The van der Waals surface area contributed by atoms with Gasteiger partial charge in [0.25, 0.3) is 5.91 Å². The van der Waals surface area contributed by atoms with Crippen molar-refractivity contribution in [2.75, 3.05) is 33.8 Å². The highest BCUT2D eigenvalue weighted by Crippen LogP contribution is 2.31. The van der Waals surface area contributed by atoms with E-state index in [1.807, 2.05) is 62.7 Å². The lowest BCUT2D eigenvalue weighted by molar-refractivity contribution is -0.0685. The molecule has 0 N–H and O–H groups in total. The van der Waals surface area contributed by atoms with Crippen LogP contribution in [-0.4, -0.2) is 65.4 Å². The Hall–Kier alpha value is -2.18. The Bertz CT molecular complexity index is 756. The van der Waals surface area contributed by atoms with Gasteiger partial charge in [-0.1, -0.05) is 25.1 Å². The van der Waals surface area contributed by atoms with Crippen LogP contribution in [0.3, 0.4) is 0 Å². The number of morpholine rings is 1. The molecule has 1 aliphatic rings. The molecule has 0 unspecified atom stereocenters. The largest absolute Gasteiger partial charge is 0.373 e. The summed E-state index contributed by atoms with van der Waals surface area (Å²) in [6.45, 7) is 3.97. The second-order valence-electron chi connectivity index (χ2n) is 7.07. The average Bonchev–Trinajstić information content (AvgIpc) is 3.06. The maximum Gasteiger partial charge on any atom is 0.254 e. The van der Waals surface area contributed by atoms with Crippen LogP contribution >= 0.6 is 0 Å². The van der Waals surface area contributed by atoms with Gasteiger partial charge in [-0.05, 0) is 32.1 Å². The van der Waals surface area contributed by atoms with Crippen molar-refractivity contribution in [1.29, 1.82) is 0 Å². The Labute approximate surface area is 155 Å². The van der Waals surface area contributed by atoms with Crippen molar-refractivity contribution < 1.29 is 9.53 Å². The number of ether oxygens (including phenoxy) is 1. The predicted molar refractivity (Wildman–Crippen MR) is 101 cm³/mol. The first-order valence-corrected chi connectivity index (χ1v) is 9.15. The number of nitrogens with zero attached hydrogens (tertiary/aromatic N) is 4. The van der Waals surface area contributed by atoms with Crippen molar-refractivity contribution in [2.45, 2.75) is 25.5 Å². The molecule has 1 saturated heterocycles. The summed E-state index contributed by atoms with van der Waals surface area (Å²) in [5.74, 6) is 0.0726. The van der Waals surface area contributed by atoms with E-state index in [1.54, 1.807) is 4.68 Å². The van der Waals surface area contributed by atoms with Crippen molar-refractivity contribution in [2.24, 2.45) is 7.05 Å². The van der Waals surface area contributed by atoms with Crippen LogP contribution in [0.5, 0.6) is 0 Å². The summed E-state index contributed by atoms with van der Waals surface area (Å²) < 4.78 is 7.84. The predicted octanol–water partition coefficient (Wildman–Crippen LogP) is 2.13. The highest BCUT2D eigenvalue weighted by molar-refractivity contribution is 5.96. The van der Waals surface area contributed by atoms with Crippen molar-refractivity contribution in [3.05, 3.63) is 53.3 Å². The number of carbonyl (C=O) groups is 1. The van der Waals surface area contributed by atoms with Crippen LogP contribution in [-0.2, 0) is 18.2 Å². The van der Waals surface area contributed by atoms with Crippen LogP contribution in [0.1, 0.15) is 34.5 Å². The van der Waals surface area contributed by atoms with E-state index in [0.717, 1.165) is 29.7 Å². The average molecular weight is 356 g/mol. The molecule has 0 aliphatic carbocycles. The summed E-state index contributed by atoms with van der Waals surface area (Å²) >= 11 is 0. The summed E-state index contributed by atoms with van der Waals surface area (Å²) in [5, 5.41) is 4.32. The molecular formula is C20H28N4O2. The number of likely N-dealkylation sites (N-methyl/N-ethyl adjacent to an activating group) is 1. The second-order valence-corrected chi connectivity index (χ2v) is 7.07. The van der Waals surface area contributed by atoms with Gasteiger partial charge in [-0.2, -0.15) is 5.10 Å². The molecule has 6 heteroatoms. The Morgan fingerprint density at radius 1 is 1.35 bits per heavy atom. The zero-order chi connectivity index (χ0) is 18.7. The van der Waals surface area contributed by atoms with Crippen LogP contribution in [0.2, 0.25) is 0 Å². The Morgan fingerprint density at radius 2 is 2.12 bits per heavy atom. The van der Waals surface area contributed by atoms with E-state index in [0.29, 0.717) is 13.2 Å². The quantitative estimate of drug-likeness (QED) is 0.824. The van der Waals surface area contributed by atoms with Gasteiger partial charge in [0, 0.05) is 37.5 Å². The monoisotopic (exact) mass is 356 g/mol. The molecule has 140 valence electrons. The molecule has 1 aromatic heterocycles. The summed E-state index contributed by atoms with van der Waals surface area (Å²) in [4.78, 5) is 17.5. The number of aryl methyl sites for hydroxylation is 2. The van der Waals surface area contributed by atoms with E-state index in [9.17, 15) is 4.79 Å². The van der Waals surface area contributed by atoms with Gasteiger partial charge in [-0.3, -0.25) is 9.48 Å². The standard InChI is InChI=1S/C20H28N4O2/c1-5-15-8-6-7-9-17(15)20(25)24-10-11-26-18(14-22(2)3)19(24)16-12-21-23(4)13-16/h6-9,12-13,18-19H,5,10-11,14H2,1-4H3/t18-,19-/m0/s1. The van der Waals surface area contributed by atoms with Crippen LogP contribution in [0, 0.1) is 0 Å². The number of hydrogen-bond acceptors (Lipinski definition) is 4. The van der Waals surface area contributed by atoms with Gasteiger partial charge in [0.15, 0.2) is 0 Å². The first-order valence-electron chi connectivity index (χ1n) is 9.15. The Balaban J connectivity index is 1.98. The van der Waals surface area contributed by atoms with Gasteiger partial charge >= 0.3 is 0 Å². The van der Waals surface area contributed by atoms with Gasteiger partial charge in [-0.15, -0.1) is 0 Å². The second kappa shape index (κ2) is 8.01. The molecule has 26 heavy (non-hydrogen) atoms. The molecule has 2 atom stereocenters. The van der Waals surface area contributed by atoms with Gasteiger partial charge in [0.1, 0.15) is 0 Å². The Kier molecular flexibility index (Phi) is 5.74. The molecule has 0 saturated carbocycles. The topological polar surface area (TPSA) is 50.6 Å². The number of rotatable bonds is 5. The highest BCUT2D eigenvalue weighted by atomic mass is 16.5. The van der Waals surface area contributed by atoms with Crippen molar-refractivity contribution in [3.8, 4) is 0 Å². The zero-order valence-corrected chi connectivity index (χ0v) is 16.1. The minimum atomic E-state index is -0.141. The normalized spacial score (nSPS) is 20.6. The molecule has 6 nitrogen and oxygen atoms in total. The van der Waals surface area contributed by atoms with Crippen LogP contribution in [0.15, 0.2) is 36.7 Å². The fourth-order valence-corrected chi connectivity index (χ4v) is 3.65. The van der Waals surface area contributed by atoms with Crippen LogP contribution in [0.4, 0.5) is 0 Å².